The van der Waals surface area contributed by atoms with E-state index in [9.17, 15) is 0 Å². The average molecular weight is 387 g/mol. The van der Waals surface area contributed by atoms with Crippen LogP contribution in [-0.4, -0.2) is 33.9 Å². The van der Waals surface area contributed by atoms with Gasteiger partial charge in [-0.1, -0.05) is 30.3 Å². The number of nitrogens with one attached hydrogen (secondary N) is 3. The van der Waals surface area contributed by atoms with Crippen molar-refractivity contribution in [1.29, 1.82) is 5.26 Å². The molecule has 1 aliphatic rings. The highest BCUT2D eigenvalue weighted by atomic mass is 15.3. The minimum Gasteiger partial charge on any atom is -0.380 e. The quantitative estimate of drug-likeness (QED) is 0.601. The van der Waals surface area contributed by atoms with Crippen molar-refractivity contribution in [2.45, 2.75) is 32.0 Å². The molecule has 7 heteroatoms. The van der Waals surface area contributed by atoms with Gasteiger partial charge in [0.25, 0.3) is 0 Å². The molecule has 2 aromatic heterocycles. The van der Waals surface area contributed by atoms with E-state index >= 15 is 0 Å². The van der Waals surface area contributed by atoms with Gasteiger partial charge in [0.05, 0.1) is 23.8 Å². The number of hydrogen-bond acceptors (Lipinski definition) is 6. The summed E-state index contributed by atoms with van der Waals surface area (Å²) in [7, 11) is 0. The Morgan fingerprint density at radius 1 is 1.28 bits per heavy atom. The normalized spacial score (nSPS) is 17.3. The molecular weight excluding hydrogens is 362 g/mol. The Balaban J connectivity index is 1.53. The van der Waals surface area contributed by atoms with Crippen molar-refractivity contribution in [3.05, 3.63) is 71.7 Å². The summed E-state index contributed by atoms with van der Waals surface area (Å²) in [5, 5.41) is 24.3. The van der Waals surface area contributed by atoms with Crippen LogP contribution in [0.15, 0.2) is 54.7 Å². The lowest BCUT2D eigenvalue weighted by molar-refractivity contribution is 0.391. The summed E-state index contributed by atoms with van der Waals surface area (Å²) < 4.78 is 1.91. The molecule has 0 radical (unpaired) electrons. The van der Waals surface area contributed by atoms with Crippen LogP contribution in [0.25, 0.3) is 0 Å². The first-order chi connectivity index (χ1) is 14.2. The Morgan fingerprint density at radius 2 is 2.10 bits per heavy atom. The zero-order chi connectivity index (χ0) is 20.2. The topological polar surface area (TPSA) is 90.6 Å². The molecule has 3 atom stereocenters. The second kappa shape index (κ2) is 8.33. The smallest absolute Gasteiger partial charge is 0.162 e. The number of hydrogen-bond donors (Lipinski definition) is 3. The fourth-order valence-electron chi connectivity index (χ4n) is 3.84. The van der Waals surface area contributed by atoms with Crippen LogP contribution >= 0.6 is 0 Å². The first-order valence-electron chi connectivity index (χ1n) is 9.85. The van der Waals surface area contributed by atoms with Crippen LogP contribution in [0.3, 0.4) is 0 Å². The zero-order valence-electron chi connectivity index (χ0n) is 16.6. The maximum Gasteiger partial charge on any atom is 0.162 e. The van der Waals surface area contributed by atoms with E-state index < -0.39 is 0 Å². The van der Waals surface area contributed by atoms with Gasteiger partial charge >= 0.3 is 0 Å². The van der Waals surface area contributed by atoms with Crippen molar-refractivity contribution in [3.8, 4) is 6.07 Å². The van der Waals surface area contributed by atoms with Gasteiger partial charge in [0.1, 0.15) is 11.9 Å². The van der Waals surface area contributed by atoms with Crippen LogP contribution in [0.1, 0.15) is 36.0 Å². The van der Waals surface area contributed by atoms with Gasteiger partial charge in [-0.25, -0.2) is 4.98 Å². The minimum absolute atomic E-state index is 0.0904. The summed E-state index contributed by atoms with van der Waals surface area (Å²) in [6.07, 6.45) is 1.80. The molecule has 7 nitrogen and oxygen atoms in total. The average Bonchev–Trinajstić information content (AvgIpc) is 3.15. The minimum atomic E-state index is 0.0904. The van der Waals surface area contributed by atoms with Crippen molar-refractivity contribution < 1.29 is 0 Å². The number of aryl methyl sites for hydroxylation is 1. The van der Waals surface area contributed by atoms with Gasteiger partial charge in [0.15, 0.2) is 5.69 Å². The summed E-state index contributed by atoms with van der Waals surface area (Å²) in [6, 6.07) is 18.7. The number of rotatable bonds is 6. The molecule has 0 aliphatic carbocycles. The predicted octanol–water partition coefficient (Wildman–Crippen LogP) is 3.26. The van der Waals surface area contributed by atoms with Crippen molar-refractivity contribution in [3.63, 3.8) is 0 Å². The Labute approximate surface area is 170 Å². The molecule has 3 heterocycles. The van der Waals surface area contributed by atoms with E-state index in [4.69, 9.17) is 5.26 Å². The van der Waals surface area contributed by atoms with Crippen molar-refractivity contribution in [2.75, 3.05) is 23.7 Å². The molecule has 0 fully saturated rings. The fourth-order valence-corrected chi connectivity index (χ4v) is 3.84. The predicted molar refractivity (Wildman–Crippen MR) is 114 cm³/mol. The molecule has 0 amide bonds. The van der Waals surface area contributed by atoms with Gasteiger partial charge in [-0.3, -0.25) is 4.68 Å². The summed E-state index contributed by atoms with van der Waals surface area (Å²) in [6.45, 7) is 5.60. The molecular formula is C22H25N7. The van der Waals surface area contributed by atoms with Crippen molar-refractivity contribution >= 4 is 11.5 Å². The van der Waals surface area contributed by atoms with Crippen LogP contribution in [-0.2, 0) is 0 Å². The van der Waals surface area contributed by atoms with Gasteiger partial charge in [-0.05, 0) is 37.6 Å². The standard InChI is InChI=1S/C22H25N7/c1-15-11-18(12-23)28-29(15)16(2)13-26-21(17-7-4-3-5-8-17)20-14-25-19-9-6-10-24-22(19)27-20/h3-11,16,20-21,25-26H,13-14H2,1-2H3,(H,24,27)/t16-,20-,21-/m1/s1. The molecule has 0 saturated carbocycles. The first-order valence-corrected chi connectivity index (χ1v) is 9.85. The summed E-state index contributed by atoms with van der Waals surface area (Å²) in [5.41, 5.74) is 3.69. The number of pyridine rings is 1. The SMILES string of the molecule is Cc1cc(C#N)nn1[C@H](C)CN[C@H](c1ccccc1)[C@H]1CNc2cccnc2N1. The number of anilines is 2. The highest BCUT2D eigenvalue weighted by molar-refractivity contribution is 5.67. The maximum absolute atomic E-state index is 9.11. The van der Waals surface area contributed by atoms with Gasteiger partial charge in [-0.2, -0.15) is 10.4 Å². The molecule has 0 unspecified atom stereocenters. The lowest BCUT2D eigenvalue weighted by Crippen LogP contribution is -2.45. The molecule has 4 rings (SSSR count). The second-order valence-corrected chi connectivity index (χ2v) is 7.40. The fraction of sp³-hybridized carbons (Fsp3) is 0.318. The number of aromatic nitrogens is 3. The zero-order valence-corrected chi connectivity index (χ0v) is 16.6. The number of benzene rings is 1. The van der Waals surface area contributed by atoms with Crippen molar-refractivity contribution in [2.24, 2.45) is 0 Å². The van der Waals surface area contributed by atoms with E-state index in [1.807, 2.05) is 35.9 Å². The first kappa shape index (κ1) is 19.0. The van der Waals surface area contributed by atoms with E-state index in [1.54, 1.807) is 6.20 Å². The lowest BCUT2D eigenvalue weighted by atomic mass is 9.97. The molecule has 1 aliphatic heterocycles. The Kier molecular flexibility index (Phi) is 5.45. The third-order valence-electron chi connectivity index (χ3n) is 5.29. The van der Waals surface area contributed by atoms with Crippen molar-refractivity contribution in [1.82, 2.24) is 20.1 Å². The largest absolute Gasteiger partial charge is 0.380 e. The molecule has 3 N–H and O–H groups in total. The van der Waals surface area contributed by atoms with E-state index in [-0.39, 0.29) is 18.1 Å². The monoisotopic (exact) mass is 387 g/mol. The Hall–Kier alpha value is -3.37. The number of nitriles is 1. The summed E-state index contributed by atoms with van der Waals surface area (Å²) in [4.78, 5) is 4.47. The van der Waals surface area contributed by atoms with Crippen LogP contribution in [0.5, 0.6) is 0 Å². The van der Waals surface area contributed by atoms with Gasteiger partial charge < -0.3 is 16.0 Å². The molecule has 1 aromatic carbocycles. The lowest BCUT2D eigenvalue weighted by Gasteiger charge is -2.35. The highest BCUT2D eigenvalue weighted by Gasteiger charge is 2.27. The van der Waals surface area contributed by atoms with Gasteiger partial charge in [0, 0.05) is 25.0 Å². The molecule has 3 aromatic rings. The summed E-state index contributed by atoms with van der Waals surface area (Å²) in [5.74, 6) is 0.876. The number of nitrogens with zero attached hydrogens (tertiary/aromatic N) is 4. The second-order valence-electron chi connectivity index (χ2n) is 7.40. The van der Waals surface area contributed by atoms with Crippen LogP contribution in [0, 0.1) is 18.3 Å². The Morgan fingerprint density at radius 3 is 2.86 bits per heavy atom. The van der Waals surface area contributed by atoms with E-state index in [2.05, 4.69) is 63.3 Å². The maximum atomic E-state index is 9.11. The van der Waals surface area contributed by atoms with Gasteiger partial charge in [-0.15, -0.1) is 0 Å². The van der Waals surface area contributed by atoms with Crippen LogP contribution in [0.2, 0.25) is 0 Å². The third-order valence-corrected chi connectivity index (χ3v) is 5.29. The van der Waals surface area contributed by atoms with E-state index in [1.165, 1.54) is 5.56 Å². The molecule has 0 bridgehead atoms. The Bertz CT molecular complexity index is 1010. The number of fused-ring (bicyclic) bond motifs is 1. The molecule has 29 heavy (non-hydrogen) atoms. The molecule has 148 valence electrons. The molecule has 0 spiro atoms. The van der Waals surface area contributed by atoms with Gasteiger partial charge in [0.2, 0.25) is 0 Å². The van der Waals surface area contributed by atoms with E-state index in [0.29, 0.717) is 5.69 Å². The molecule has 0 saturated heterocycles. The van der Waals surface area contributed by atoms with Crippen LogP contribution in [0.4, 0.5) is 11.5 Å². The van der Waals surface area contributed by atoms with Crippen LogP contribution < -0.4 is 16.0 Å². The third kappa shape index (κ3) is 4.08. The highest BCUT2D eigenvalue weighted by Crippen LogP contribution is 2.28. The van der Waals surface area contributed by atoms with E-state index in [0.717, 1.165) is 30.3 Å². The summed E-state index contributed by atoms with van der Waals surface area (Å²) >= 11 is 0.